The Balaban J connectivity index is -0.0000000480. The Bertz CT molecular complexity index is 33.9. The first-order chi connectivity index (χ1) is 2.73. The van der Waals surface area contributed by atoms with Gasteiger partial charge in [-0.25, -0.2) is 4.79 Å². The highest BCUT2D eigenvalue weighted by Crippen LogP contribution is 1.34. The Morgan fingerprint density at radius 2 is 1.57 bits per heavy atom. The smallest absolute Gasteiger partial charge is 0.402 e. The van der Waals surface area contributed by atoms with E-state index >= 15 is 0 Å². The van der Waals surface area contributed by atoms with Gasteiger partial charge in [-0.1, -0.05) is 0 Å². The van der Waals surface area contributed by atoms with Crippen LogP contribution in [0.4, 0.5) is 4.79 Å². The van der Waals surface area contributed by atoms with Crippen LogP contribution in [-0.2, 0) is 0 Å². The molecule has 0 aliphatic heterocycles. The topological polar surface area (TPSA) is 119 Å². The van der Waals surface area contributed by atoms with Gasteiger partial charge in [-0.05, 0) is 0 Å². The molecule has 1 amide bonds. The number of amides is 1. The number of carboxylic acid groups (broad SMARTS) is 1. The normalized spacial score (nSPS) is 4.29. The van der Waals surface area contributed by atoms with Gasteiger partial charge >= 0.3 is 6.09 Å². The number of aliphatic hydroxyl groups excluding tert-OH is 1. The van der Waals surface area contributed by atoms with E-state index in [9.17, 15) is 0 Å². The largest absolute Gasteiger partial charge is 0.465 e. The van der Waals surface area contributed by atoms with Gasteiger partial charge in [0.2, 0.25) is 0 Å². The molecule has 0 radical (unpaired) electrons. The lowest BCUT2D eigenvalue weighted by atomic mass is 11.3. The summed E-state index contributed by atoms with van der Waals surface area (Å²) in [6.45, 7) is 0. The van der Waals surface area contributed by atoms with Gasteiger partial charge in [0.1, 0.15) is 0 Å². The molecule has 0 heterocycles. The van der Waals surface area contributed by atoms with Gasteiger partial charge in [0.25, 0.3) is 0 Å². The Morgan fingerprint density at radius 3 is 1.57 bits per heavy atom. The van der Waals surface area contributed by atoms with Crippen molar-refractivity contribution in [3.63, 3.8) is 0 Å². The summed E-state index contributed by atoms with van der Waals surface area (Å²) in [5.41, 5.74) is 4.03. The standard InChI is InChI=1S/CH3NO2.CH4O.H3N/c2-1(3)4;1-2;/h2H2,(H,3,4);2H,1H3;1H3. The van der Waals surface area contributed by atoms with Crippen LogP contribution in [0.15, 0.2) is 0 Å². The Hall–Kier alpha value is -0.810. The number of hydrogen-bond acceptors (Lipinski definition) is 3. The first kappa shape index (κ1) is 16.4. The third kappa shape index (κ3) is 80.5. The molecule has 0 saturated heterocycles. The van der Waals surface area contributed by atoms with Crippen molar-refractivity contribution in [1.82, 2.24) is 6.15 Å². The van der Waals surface area contributed by atoms with Crippen LogP contribution in [0.2, 0.25) is 0 Å². The van der Waals surface area contributed by atoms with Crippen molar-refractivity contribution in [2.45, 2.75) is 0 Å². The van der Waals surface area contributed by atoms with Gasteiger partial charge in [-0.3, -0.25) is 0 Å². The molecule has 0 aliphatic rings. The van der Waals surface area contributed by atoms with Gasteiger partial charge in [-0.2, -0.15) is 0 Å². The number of primary amides is 1. The molecule has 0 atom stereocenters. The highest BCUT2D eigenvalue weighted by molar-refractivity contribution is 5.61. The van der Waals surface area contributed by atoms with Crippen molar-refractivity contribution < 1.29 is 15.0 Å². The van der Waals surface area contributed by atoms with Crippen LogP contribution < -0.4 is 11.9 Å². The maximum atomic E-state index is 8.78. The van der Waals surface area contributed by atoms with Crippen LogP contribution in [0, 0.1) is 0 Å². The van der Waals surface area contributed by atoms with Crippen LogP contribution in [0.3, 0.4) is 0 Å². The quantitative estimate of drug-likeness (QED) is 0.332. The zero-order valence-electron chi connectivity index (χ0n) is 4.09. The first-order valence-corrected chi connectivity index (χ1v) is 1.16. The summed E-state index contributed by atoms with van der Waals surface area (Å²) in [6, 6.07) is 0. The van der Waals surface area contributed by atoms with Crippen LogP contribution in [0.1, 0.15) is 0 Å². The molecular formula is C2H10N2O3. The lowest BCUT2D eigenvalue weighted by Gasteiger charge is -1.61. The van der Waals surface area contributed by atoms with E-state index in [1.54, 1.807) is 0 Å². The predicted octanol–water partition coefficient (Wildman–Crippen LogP) is -0.606. The Kier molecular flexibility index (Phi) is 44.5. The molecule has 0 rings (SSSR count). The van der Waals surface area contributed by atoms with E-state index in [0.717, 1.165) is 7.11 Å². The van der Waals surface area contributed by atoms with E-state index in [2.05, 4.69) is 5.73 Å². The van der Waals surface area contributed by atoms with E-state index < -0.39 is 6.09 Å². The average Bonchev–Trinajstić information content (AvgIpc) is 1.41. The summed E-state index contributed by atoms with van der Waals surface area (Å²) in [7, 11) is 1.00. The Morgan fingerprint density at radius 1 is 1.57 bits per heavy atom. The Labute approximate surface area is 41.3 Å². The van der Waals surface area contributed by atoms with Gasteiger partial charge in [0.15, 0.2) is 0 Å². The van der Waals surface area contributed by atoms with Crippen molar-refractivity contribution in [2.24, 2.45) is 5.73 Å². The molecule has 7 N–H and O–H groups in total. The number of hydrogen-bond donors (Lipinski definition) is 4. The summed E-state index contributed by atoms with van der Waals surface area (Å²) in [6.07, 6.45) is -1.33. The predicted molar refractivity (Wildman–Crippen MR) is 25.4 cm³/mol. The molecule has 0 saturated carbocycles. The van der Waals surface area contributed by atoms with Gasteiger partial charge in [0.05, 0.1) is 0 Å². The third-order valence-electron chi connectivity index (χ3n) is 0. The maximum absolute atomic E-state index is 8.78. The molecule has 0 fully saturated rings. The monoisotopic (exact) mass is 110 g/mol. The number of carbonyl (C=O) groups is 1. The first-order valence-electron chi connectivity index (χ1n) is 1.16. The zero-order valence-corrected chi connectivity index (χ0v) is 4.09. The minimum Gasteiger partial charge on any atom is -0.465 e. The molecule has 5 nitrogen and oxygen atoms in total. The lowest BCUT2D eigenvalue weighted by molar-refractivity contribution is 0.205. The SMILES string of the molecule is CO.N.NC(=O)O. The number of rotatable bonds is 0. The second-order valence-electron chi connectivity index (χ2n) is 0.338. The van der Waals surface area contributed by atoms with Crippen LogP contribution in [0.5, 0.6) is 0 Å². The van der Waals surface area contributed by atoms with E-state index in [4.69, 9.17) is 15.0 Å². The molecule has 5 heteroatoms. The minimum absolute atomic E-state index is 0. The average molecular weight is 110 g/mol. The van der Waals surface area contributed by atoms with E-state index in [-0.39, 0.29) is 6.15 Å². The summed E-state index contributed by atoms with van der Waals surface area (Å²) < 4.78 is 0. The number of nitrogens with two attached hydrogens (primary N) is 1. The molecule has 0 unspecified atom stereocenters. The van der Waals surface area contributed by atoms with Crippen molar-refractivity contribution in [3.05, 3.63) is 0 Å². The van der Waals surface area contributed by atoms with Crippen LogP contribution in [-0.4, -0.2) is 23.4 Å². The maximum Gasteiger partial charge on any atom is 0.402 e. The molecule has 7 heavy (non-hydrogen) atoms. The molecular weight excluding hydrogens is 100 g/mol. The minimum atomic E-state index is -1.33. The van der Waals surface area contributed by atoms with Gasteiger partial charge in [-0.15, -0.1) is 0 Å². The number of aliphatic hydroxyl groups is 1. The summed E-state index contributed by atoms with van der Waals surface area (Å²) in [5, 5.41) is 14.2. The second kappa shape index (κ2) is 19.0. The van der Waals surface area contributed by atoms with Crippen LogP contribution >= 0.6 is 0 Å². The molecule has 0 bridgehead atoms. The fraction of sp³-hybridized carbons (Fsp3) is 0.500. The fourth-order valence-corrected chi connectivity index (χ4v) is 0. The van der Waals surface area contributed by atoms with Crippen molar-refractivity contribution in [3.8, 4) is 0 Å². The molecule has 0 aromatic rings. The van der Waals surface area contributed by atoms with Crippen molar-refractivity contribution in [2.75, 3.05) is 7.11 Å². The highest BCUT2D eigenvalue weighted by Gasteiger charge is 1.65. The van der Waals surface area contributed by atoms with Crippen molar-refractivity contribution >= 4 is 6.09 Å². The summed E-state index contributed by atoms with van der Waals surface area (Å²) in [4.78, 5) is 8.78. The van der Waals surface area contributed by atoms with Crippen LogP contribution in [0.25, 0.3) is 0 Å². The lowest BCUT2D eigenvalue weighted by Crippen LogP contribution is -2.03. The van der Waals surface area contributed by atoms with E-state index in [0.29, 0.717) is 0 Å². The van der Waals surface area contributed by atoms with Crippen molar-refractivity contribution in [1.29, 1.82) is 0 Å². The van der Waals surface area contributed by atoms with E-state index in [1.165, 1.54) is 0 Å². The molecule has 0 aliphatic carbocycles. The molecule has 0 spiro atoms. The zero-order chi connectivity index (χ0) is 5.58. The molecule has 46 valence electrons. The van der Waals surface area contributed by atoms with Gasteiger partial charge < -0.3 is 22.1 Å². The fourth-order valence-electron chi connectivity index (χ4n) is 0. The molecule has 0 aromatic carbocycles. The third-order valence-corrected chi connectivity index (χ3v) is 0. The summed E-state index contributed by atoms with van der Waals surface area (Å²) >= 11 is 0. The summed E-state index contributed by atoms with van der Waals surface area (Å²) in [5.74, 6) is 0. The van der Waals surface area contributed by atoms with Gasteiger partial charge in [0, 0.05) is 7.11 Å². The molecule has 0 aromatic heterocycles. The highest BCUT2D eigenvalue weighted by atomic mass is 16.4. The second-order valence-corrected chi connectivity index (χ2v) is 0.338. The van der Waals surface area contributed by atoms with E-state index in [1.807, 2.05) is 0 Å².